The molecule has 0 radical (unpaired) electrons. The molecule has 110 valence electrons. The molecule has 1 fully saturated rings. The number of nitrogens with one attached hydrogen (secondary N) is 2. The van der Waals surface area contributed by atoms with Crippen LogP contribution in [0.1, 0.15) is 46.0 Å². The van der Waals surface area contributed by atoms with E-state index in [4.69, 9.17) is 5.11 Å². The van der Waals surface area contributed by atoms with E-state index in [0.717, 1.165) is 38.8 Å². The predicted molar refractivity (Wildman–Crippen MR) is 73.8 cm³/mol. The first-order chi connectivity index (χ1) is 9.04. The molecule has 2 atom stereocenters. The highest BCUT2D eigenvalue weighted by atomic mass is 16.4. The van der Waals surface area contributed by atoms with Gasteiger partial charge in [-0.3, -0.25) is 4.79 Å². The van der Waals surface area contributed by atoms with Crippen LogP contribution in [0.4, 0.5) is 0 Å². The number of carboxylic acids is 1. The second-order valence-electron chi connectivity index (χ2n) is 5.50. The van der Waals surface area contributed by atoms with Crippen LogP contribution in [0.25, 0.3) is 0 Å². The highest BCUT2D eigenvalue weighted by Crippen LogP contribution is 2.17. The van der Waals surface area contributed by atoms with Gasteiger partial charge in [0.2, 0.25) is 5.91 Å². The molecule has 5 heteroatoms. The maximum atomic E-state index is 11.8. The summed E-state index contributed by atoms with van der Waals surface area (Å²) in [6, 6.07) is -0.759. The zero-order valence-corrected chi connectivity index (χ0v) is 11.9. The number of piperidine rings is 1. The first kappa shape index (κ1) is 16.0. The lowest BCUT2D eigenvalue weighted by atomic mass is 9.93. The molecular formula is C14H26N2O3. The van der Waals surface area contributed by atoms with E-state index in [1.165, 1.54) is 0 Å². The van der Waals surface area contributed by atoms with Crippen LogP contribution < -0.4 is 10.6 Å². The minimum Gasteiger partial charge on any atom is -0.480 e. The van der Waals surface area contributed by atoms with Crippen molar-refractivity contribution in [3.05, 3.63) is 0 Å². The van der Waals surface area contributed by atoms with Crippen molar-refractivity contribution in [1.29, 1.82) is 0 Å². The topological polar surface area (TPSA) is 78.4 Å². The number of hydrogen-bond donors (Lipinski definition) is 3. The average Bonchev–Trinajstić information content (AvgIpc) is 2.42. The van der Waals surface area contributed by atoms with Crippen LogP contribution in [0.3, 0.4) is 0 Å². The van der Waals surface area contributed by atoms with Gasteiger partial charge in [0.05, 0.1) is 0 Å². The van der Waals surface area contributed by atoms with Crippen molar-refractivity contribution >= 4 is 11.9 Å². The van der Waals surface area contributed by atoms with Crippen LogP contribution in [0.2, 0.25) is 0 Å². The Labute approximate surface area is 115 Å². The average molecular weight is 270 g/mol. The van der Waals surface area contributed by atoms with Gasteiger partial charge in [0, 0.05) is 6.42 Å². The number of aliphatic carboxylic acids is 1. The number of carbonyl (C=O) groups is 2. The van der Waals surface area contributed by atoms with Crippen LogP contribution in [-0.2, 0) is 9.59 Å². The van der Waals surface area contributed by atoms with Crippen LogP contribution in [0, 0.1) is 11.8 Å². The van der Waals surface area contributed by atoms with Gasteiger partial charge in [0.25, 0.3) is 0 Å². The minimum absolute atomic E-state index is 0.0414. The van der Waals surface area contributed by atoms with E-state index in [0.29, 0.717) is 12.3 Å². The summed E-state index contributed by atoms with van der Waals surface area (Å²) in [4.78, 5) is 22.9. The Bertz CT molecular complexity index is 301. The van der Waals surface area contributed by atoms with E-state index in [9.17, 15) is 9.59 Å². The normalized spacial score (nSPS) is 19.7. The van der Waals surface area contributed by atoms with Crippen LogP contribution >= 0.6 is 0 Å². The lowest BCUT2D eigenvalue weighted by Gasteiger charge is -2.23. The van der Waals surface area contributed by atoms with E-state index in [-0.39, 0.29) is 11.8 Å². The number of hydrogen-bond acceptors (Lipinski definition) is 3. The lowest BCUT2D eigenvalue weighted by Crippen LogP contribution is -2.45. The van der Waals surface area contributed by atoms with Crippen molar-refractivity contribution in [2.75, 3.05) is 13.1 Å². The molecule has 1 saturated heterocycles. The van der Waals surface area contributed by atoms with Gasteiger partial charge >= 0.3 is 5.97 Å². The highest BCUT2D eigenvalue weighted by molar-refractivity contribution is 5.83. The first-order valence-electron chi connectivity index (χ1n) is 7.27. The van der Waals surface area contributed by atoms with Gasteiger partial charge in [-0.05, 0) is 44.2 Å². The molecule has 0 spiro atoms. The van der Waals surface area contributed by atoms with Crippen molar-refractivity contribution in [2.45, 2.75) is 52.0 Å². The number of rotatable bonds is 7. The van der Waals surface area contributed by atoms with Crippen molar-refractivity contribution in [3.8, 4) is 0 Å². The van der Waals surface area contributed by atoms with Crippen molar-refractivity contribution in [1.82, 2.24) is 10.6 Å². The first-order valence-corrected chi connectivity index (χ1v) is 7.27. The fourth-order valence-electron chi connectivity index (χ4n) is 2.43. The Morgan fingerprint density at radius 1 is 1.37 bits per heavy atom. The smallest absolute Gasteiger partial charge is 0.326 e. The molecule has 5 nitrogen and oxygen atoms in total. The molecular weight excluding hydrogens is 244 g/mol. The summed E-state index contributed by atoms with van der Waals surface area (Å²) in [5.41, 5.74) is 0. The third-order valence-corrected chi connectivity index (χ3v) is 4.03. The fraction of sp³-hybridized carbons (Fsp3) is 0.857. The highest BCUT2D eigenvalue weighted by Gasteiger charge is 2.25. The van der Waals surface area contributed by atoms with Crippen molar-refractivity contribution in [2.24, 2.45) is 11.8 Å². The van der Waals surface area contributed by atoms with Crippen molar-refractivity contribution < 1.29 is 14.7 Å². The molecule has 1 heterocycles. The third kappa shape index (κ3) is 5.59. The molecule has 0 bridgehead atoms. The molecule has 0 aromatic carbocycles. The predicted octanol–water partition coefficient (Wildman–Crippen LogP) is 1.38. The molecule has 0 saturated carbocycles. The molecule has 1 rings (SSSR count). The molecule has 2 unspecified atom stereocenters. The summed E-state index contributed by atoms with van der Waals surface area (Å²) in [7, 11) is 0. The fourth-order valence-corrected chi connectivity index (χ4v) is 2.43. The second kappa shape index (κ2) is 8.15. The molecule has 1 aliphatic heterocycles. The Hall–Kier alpha value is -1.10. The molecule has 19 heavy (non-hydrogen) atoms. The molecule has 3 N–H and O–H groups in total. The number of amides is 1. The summed E-state index contributed by atoms with van der Waals surface area (Å²) in [5.74, 6) is -0.519. The van der Waals surface area contributed by atoms with Crippen molar-refractivity contribution in [3.63, 3.8) is 0 Å². The molecule has 1 amide bonds. The molecule has 0 aliphatic carbocycles. The number of carbonyl (C=O) groups excluding carboxylic acids is 1. The largest absolute Gasteiger partial charge is 0.480 e. The third-order valence-electron chi connectivity index (χ3n) is 4.03. The van der Waals surface area contributed by atoms with E-state index in [2.05, 4.69) is 10.6 Å². The van der Waals surface area contributed by atoms with Gasteiger partial charge in [-0.1, -0.05) is 20.3 Å². The molecule has 0 aromatic heterocycles. The van der Waals surface area contributed by atoms with Gasteiger partial charge < -0.3 is 15.7 Å². The Morgan fingerprint density at radius 3 is 2.53 bits per heavy atom. The van der Waals surface area contributed by atoms with E-state index >= 15 is 0 Å². The second-order valence-corrected chi connectivity index (χ2v) is 5.50. The minimum atomic E-state index is -0.940. The summed E-state index contributed by atoms with van der Waals surface area (Å²) in [6.07, 6.45) is 4.26. The summed E-state index contributed by atoms with van der Waals surface area (Å²) >= 11 is 0. The lowest BCUT2D eigenvalue weighted by molar-refractivity contribution is -0.143. The van der Waals surface area contributed by atoms with Crippen LogP contribution in [-0.4, -0.2) is 36.1 Å². The summed E-state index contributed by atoms with van der Waals surface area (Å²) in [6.45, 7) is 5.83. The number of carboxylic acid groups (broad SMARTS) is 1. The van der Waals surface area contributed by atoms with E-state index in [1.54, 1.807) is 0 Å². The maximum absolute atomic E-state index is 11.8. The Morgan fingerprint density at radius 2 is 2.00 bits per heavy atom. The molecule has 1 aliphatic rings. The van der Waals surface area contributed by atoms with Gasteiger partial charge in [-0.15, -0.1) is 0 Å². The van der Waals surface area contributed by atoms with Crippen LogP contribution in [0.15, 0.2) is 0 Å². The standard InChI is InChI=1S/C14H26N2O3/c1-3-10(2)13(14(18)19)16-12(17)5-4-11-6-8-15-9-7-11/h10-11,13,15H,3-9H2,1-2H3,(H,16,17)(H,18,19). The van der Waals surface area contributed by atoms with E-state index < -0.39 is 12.0 Å². The van der Waals surface area contributed by atoms with E-state index in [1.807, 2.05) is 13.8 Å². The summed E-state index contributed by atoms with van der Waals surface area (Å²) in [5, 5.41) is 15.1. The monoisotopic (exact) mass is 270 g/mol. The summed E-state index contributed by atoms with van der Waals surface area (Å²) < 4.78 is 0. The van der Waals surface area contributed by atoms with Gasteiger partial charge in [-0.25, -0.2) is 4.79 Å². The SMILES string of the molecule is CCC(C)C(NC(=O)CCC1CCNCC1)C(=O)O. The van der Waals surface area contributed by atoms with Gasteiger partial charge in [0.1, 0.15) is 6.04 Å². The molecule has 0 aromatic rings. The zero-order valence-electron chi connectivity index (χ0n) is 11.9. The quantitative estimate of drug-likeness (QED) is 0.653. The van der Waals surface area contributed by atoms with Gasteiger partial charge in [0.15, 0.2) is 0 Å². The maximum Gasteiger partial charge on any atom is 0.326 e. The Kier molecular flexibility index (Phi) is 6.84. The van der Waals surface area contributed by atoms with Gasteiger partial charge in [-0.2, -0.15) is 0 Å². The Balaban J connectivity index is 2.33. The zero-order chi connectivity index (χ0) is 14.3. The van der Waals surface area contributed by atoms with Crippen LogP contribution in [0.5, 0.6) is 0 Å².